The van der Waals surface area contributed by atoms with Crippen LogP contribution in [-0.2, 0) is 65.4 Å². The van der Waals surface area contributed by atoms with Crippen LogP contribution in [0.25, 0.3) is 0 Å². The number of rotatable bonds is 69. The van der Waals surface area contributed by atoms with E-state index in [2.05, 4.69) is 41.5 Å². The third kappa shape index (κ3) is 64.6. The lowest BCUT2D eigenvalue weighted by molar-refractivity contribution is -0.161. The molecule has 0 aliphatic carbocycles. The van der Waals surface area contributed by atoms with Crippen LogP contribution in [-0.4, -0.2) is 96.7 Å². The third-order valence-corrected chi connectivity index (χ3v) is 18.1. The summed E-state index contributed by atoms with van der Waals surface area (Å²) in [5.41, 5.74) is 0. The van der Waals surface area contributed by atoms with Gasteiger partial charge >= 0.3 is 39.5 Å². The SMILES string of the molecule is CCCCCCCCCCCCCCCCCCCCCC(=O)O[C@H](COC(=O)CCCCCCCCCC(C)C)COP(=O)(O)OC[C@@H](O)COP(=O)(O)OC[C@@H](COC(=O)CCCCCCCCCCCC)OC(=O)CCCCCCCCCC(C)C. The van der Waals surface area contributed by atoms with Crippen LogP contribution in [0.4, 0.5) is 0 Å². The molecule has 0 heterocycles. The van der Waals surface area contributed by atoms with Crippen molar-refractivity contribution in [3.63, 3.8) is 0 Å². The summed E-state index contributed by atoms with van der Waals surface area (Å²) in [6, 6.07) is 0. The summed E-state index contributed by atoms with van der Waals surface area (Å²) < 4.78 is 68.2. The van der Waals surface area contributed by atoms with E-state index in [-0.39, 0.29) is 25.7 Å². The van der Waals surface area contributed by atoms with Gasteiger partial charge in [0.05, 0.1) is 26.4 Å². The first-order chi connectivity index (χ1) is 42.9. The van der Waals surface area contributed by atoms with E-state index in [0.29, 0.717) is 37.5 Å². The second-order valence-corrected chi connectivity index (χ2v) is 29.1. The fraction of sp³-hybridized carbons (Fsp3) is 0.943. The molecule has 2 unspecified atom stereocenters. The molecule has 0 aliphatic heterocycles. The Bertz CT molecular complexity index is 1730. The highest BCUT2D eigenvalue weighted by Crippen LogP contribution is 2.45. The zero-order valence-corrected chi connectivity index (χ0v) is 59.5. The van der Waals surface area contributed by atoms with Crippen LogP contribution >= 0.6 is 15.6 Å². The molecular weight excluding hydrogens is 1170 g/mol. The van der Waals surface area contributed by atoms with Gasteiger partial charge in [-0.2, -0.15) is 0 Å². The van der Waals surface area contributed by atoms with Crippen LogP contribution < -0.4 is 0 Å². The lowest BCUT2D eigenvalue weighted by atomic mass is 10.0. The Morgan fingerprint density at radius 2 is 0.517 bits per heavy atom. The summed E-state index contributed by atoms with van der Waals surface area (Å²) in [6.07, 6.45) is 47.5. The number of phosphoric acid groups is 2. The van der Waals surface area contributed by atoms with Gasteiger partial charge in [-0.1, -0.05) is 305 Å². The van der Waals surface area contributed by atoms with Gasteiger partial charge in [-0.15, -0.1) is 0 Å². The Morgan fingerprint density at radius 3 is 0.764 bits per heavy atom. The Morgan fingerprint density at radius 1 is 0.303 bits per heavy atom. The minimum absolute atomic E-state index is 0.103. The smallest absolute Gasteiger partial charge is 0.462 e. The zero-order chi connectivity index (χ0) is 65.7. The van der Waals surface area contributed by atoms with Crippen LogP contribution in [0.1, 0.15) is 356 Å². The van der Waals surface area contributed by atoms with Gasteiger partial charge in [0, 0.05) is 25.7 Å². The van der Waals surface area contributed by atoms with E-state index in [9.17, 15) is 43.2 Å². The van der Waals surface area contributed by atoms with Crippen molar-refractivity contribution in [2.45, 2.75) is 374 Å². The number of esters is 4. The molecule has 3 N–H and O–H groups in total. The van der Waals surface area contributed by atoms with E-state index in [0.717, 1.165) is 96.3 Å². The quantitative estimate of drug-likeness (QED) is 0.0222. The predicted molar refractivity (Wildman–Crippen MR) is 358 cm³/mol. The Kier molecular flexibility index (Phi) is 60.8. The fourth-order valence-electron chi connectivity index (χ4n) is 10.6. The highest BCUT2D eigenvalue weighted by atomic mass is 31.2. The Labute approximate surface area is 543 Å². The molecule has 0 aromatic carbocycles. The van der Waals surface area contributed by atoms with Crippen LogP contribution in [0, 0.1) is 11.8 Å². The molecule has 0 spiro atoms. The number of ether oxygens (including phenoxy) is 4. The standard InChI is InChI=1S/C70H136O17P2/c1-7-9-11-13-15-17-19-20-21-22-23-24-25-26-27-29-35-42-48-54-69(74)86-65(59-81-68(73)53-47-41-36-30-32-38-44-50-62(3)4)60-84-88(76,77)82-56-64(71)57-83-89(78,79)85-61-66(87-70(75)55-49-43-37-31-33-39-45-51-63(5)6)58-80-67(72)52-46-40-34-28-18-16-14-12-10-8-2/h62-66,71H,7-61H2,1-6H3,(H,76,77)(H,78,79)/t64-,65-,66-/m1/s1. The summed E-state index contributed by atoms with van der Waals surface area (Å²) in [6.45, 7) is 9.42. The van der Waals surface area contributed by atoms with Gasteiger partial charge in [-0.05, 0) is 37.5 Å². The molecule has 0 saturated carbocycles. The number of aliphatic hydroxyl groups excluding tert-OH is 1. The highest BCUT2D eigenvalue weighted by Gasteiger charge is 2.30. The van der Waals surface area contributed by atoms with Gasteiger partial charge in [0.2, 0.25) is 0 Å². The van der Waals surface area contributed by atoms with E-state index in [4.69, 9.17) is 37.0 Å². The first kappa shape index (κ1) is 87.1. The maximum Gasteiger partial charge on any atom is 0.472 e. The van der Waals surface area contributed by atoms with E-state index in [1.165, 1.54) is 167 Å². The van der Waals surface area contributed by atoms with Crippen LogP contribution in [0.15, 0.2) is 0 Å². The minimum Gasteiger partial charge on any atom is -0.462 e. The molecule has 0 radical (unpaired) electrons. The Balaban J connectivity index is 5.18. The van der Waals surface area contributed by atoms with Crippen molar-refractivity contribution in [2.24, 2.45) is 11.8 Å². The molecular formula is C70H136O17P2. The molecule has 528 valence electrons. The molecule has 0 rings (SSSR count). The van der Waals surface area contributed by atoms with E-state index < -0.39 is 97.5 Å². The van der Waals surface area contributed by atoms with Crippen molar-refractivity contribution in [3.8, 4) is 0 Å². The molecule has 0 fully saturated rings. The Hall–Kier alpha value is -1.94. The number of aliphatic hydroxyl groups is 1. The van der Waals surface area contributed by atoms with Gasteiger partial charge in [0.1, 0.15) is 19.3 Å². The summed E-state index contributed by atoms with van der Waals surface area (Å²) in [5.74, 6) is -0.728. The first-order valence-electron chi connectivity index (χ1n) is 36.5. The predicted octanol–water partition coefficient (Wildman–Crippen LogP) is 20.0. The fourth-order valence-corrected chi connectivity index (χ4v) is 12.2. The van der Waals surface area contributed by atoms with Crippen molar-refractivity contribution in [3.05, 3.63) is 0 Å². The molecule has 0 aliphatic rings. The second-order valence-electron chi connectivity index (χ2n) is 26.2. The summed E-state index contributed by atoms with van der Waals surface area (Å²) >= 11 is 0. The average molecular weight is 1310 g/mol. The van der Waals surface area contributed by atoms with Crippen LogP contribution in [0.3, 0.4) is 0 Å². The molecule has 17 nitrogen and oxygen atoms in total. The van der Waals surface area contributed by atoms with Gasteiger partial charge in [0.15, 0.2) is 12.2 Å². The zero-order valence-electron chi connectivity index (χ0n) is 57.7. The van der Waals surface area contributed by atoms with E-state index >= 15 is 0 Å². The lowest BCUT2D eigenvalue weighted by Crippen LogP contribution is -2.30. The summed E-state index contributed by atoms with van der Waals surface area (Å²) in [7, 11) is -9.90. The monoisotopic (exact) mass is 1310 g/mol. The molecule has 0 aromatic rings. The van der Waals surface area contributed by atoms with Crippen molar-refractivity contribution in [1.82, 2.24) is 0 Å². The number of carbonyl (C=O) groups excluding carboxylic acids is 4. The molecule has 0 aromatic heterocycles. The van der Waals surface area contributed by atoms with Crippen molar-refractivity contribution in [1.29, 1.82) is 0 Å². The average Bonchev–Trinajstić information content (AvgIpc) is 3.64. The van der Waals surface area contributed by atoms with E-state index in [1.807, 2.05) is 0 Å². The maximum atomic E-state index is 13.0. The minimum atomic E-state index is -4.95. The summed E-state index contributed by atoms with van der Waals surface area (Å²) in [5, 5.41) is 10.6. The number of hydrogen-bond donors (Lipinski definition) is 3. The van der Waals surface area contributed by atoms with Crippen molar-refractivity contribution in [2.75, 3.05) is 39.6 Å². The summed E-state index contributed by atoms with van der Waals surface area (Å²) in [4.78, 5) is 72.4. The third-order valence-electron chi connectivity index (χ3n) is 16.2. The first-order valence-corrected chi connectivity index (χ1v) is 39.5. The van der Waals surface area contributed by atoms with Gasteiger partial charge in [-0.25, -0.2) is 9.13 Å². The molecule has 89 heavy (non-hydrogen) atoms. The molecule has 19 heteroatoms. The number of phosphoric ester groups is 2. The van der Waals surface area contributed by atoms with Crippen LogP contribution in [0.5, 0.6) is 0 Å². The van der Waals surface area contributed by atoms with Crippen molar-refractivity contribution < 1.29 is 80.2 Å². The second kappa shape index (κ2) is 62.2. The lowest BCUT2D eigenvalue weighted by Gasteiger charge is -2.21. The molecule has 0 bridgehead atoms. The van der Waals surface area contributed by atoms with Gasteiger partial charge in [-0.3, -0.25) is 37.3 Å². The normalized spacial score (nSPS) is 14.1. The maximum absolute atomic E-state index is 13.0. The number of carbonyl (C=O) groups is 4. The number of hydrogen-bond acceptors (Lipinski definition) is 15. The molecule has 0 saturated heterocycles. The topological polar surface area (TPSA) is 237 Å². The largest absolute Gasteiger partial charge is 0.472 e. The number of unbranched alkanes of at least 4 members (excludes halogenated alkanes) is 39. The van der Waals surface area contributed by atoms with Gasteiger partial charge in [0.25, 0.3) is 0 Å². The molecule has 5 atom stereocenters. The highest BCUT2D eigenvalue weighted by molar-refractivity contribution is 7.47. The van der Waals surface area contributed by atoms with Gasteiger partial charge < -0.3 is 33.8 Å². The van der Waals surface area contributed by atoms with E-state index in [1.54, 1.807) is 0 Å². The molecule has 0 amide bonds. The van der Waals surface area contributed by atoms with Crippen molar-refractivity contribution >= 4 is 39.5 Å². The van der Waals surface area contributed by atoms with Crippen LogP contribution in [0.2, 0.25) is 0 Å².